The van der Waals surface area contributed by atoms with E-state index in [9.17, 15) is 14.7 Å². The summed E-state index contributed by atoms with van der Waals surface area (Å²) in [4.78, 5) is 23.5. The highest BCUT2D eigenvalue weighted by atomic mass is 16.6. The maximum atomic E-state index is 12.0. The summed E-state index contributed by atoms with van der Waals surface area (Å²) >= 11 is 0. The number of aromatic hydroxyl groups is 1. The summed E-state index contributed by atoms with van der Waals surface area (Å²) in [5.41, 5.74) is 2.14. The van der Waals surface area contributed by atoms with Crippen LogP contribution in [0.3, 0.4) is 0 Å². The molecule has 0 amide bonds. The molecule has 0 aliphatic rings. The summed E-state index contributed by atoms with van der Waals surface area (Å²) < 4.78 is 9.69. The largest absolute Gasteiger partial charge is 0.507 e. The second-order valence-electron chi connectivity index (χ2n) is 8.66. The average Bonchev–Trinajstić information content (AvgIpc) is 2.51. The Morgan fingerprint density at radius 3 is 1.93 bits per heavy atom. The van der Waals surface area contributed by atoms with E-state index in [1.165, 1.54) is 0 Å². The lowest BCUT2D eigenvalue weighted by molar-refractivity contribution is -0.151. The summed E-state index contributed by atoms with van der Waals surface area (Å²) in [7, 11) is 0. The fourth-order valence-corrected chi connectivity index (χ4v) is 2.67. The number of phenols is 1. The molecule has 5 heteroatoms. The van der Waals surface area contributed by atoms with Crippen LogP contribution < -0.4 is 0 Å². The van der Waals surface area contributed by atoms with Gasteiger partial charge in [-0.3, -0.25) is 4.79 Å². The highest BCUT2D eigenvalue weighted by Gasteiger charge is 2.26. The Labute approximate surface area is 162 Å². The van der Waals surface area contributed by atoms with Crippen molar-refractivity contribution in [3.63, 3.8) is 0 Å². The van der Waals surface area contributed by atoms with Crippen molar-refractivity contribution in [3.05, 3.63) is 41.2 Å². The van der Waals surface area contributed by atoms with Crippen LogP contribution in [-0.2, 0) is 36.3 Å². The van der Waals surface area contributed by atoms with Crippen LogP contribution in [0.5, 0.6) is 5.75 Å². The van der Waals surface area contributed by atoms with E-state index < -0.39 is 11.9 Å². The summed E-state index contributed by atoms with van der Waals surface area (Å²) in [6.07, 6.45) is 0.526. The average molecular weight is 376 g/mol. The van der Waals surface area contributed by atoms with Crippen molar-refractivity contribution in [1.29, 1.82) is 0 Å². The number of carbonyl (C=O) groups is 2. The molecule has 1 aromatic carbocycles. The molecule has 1 aromatic rings. The van der Waals surface area contributed by atoms with Gasteiger partial charge in [-0.25, -0.2) is 4.79 Å². The molecular weight excluding hydrogens is 344 g/mol. The Morgan fingerprint density at radius 1 is 1.04 bits per heavy atom. The van der Waals surface area contributed by atoms with Crippen LogP contribution in [0.15, 0.2) is 24.5 Å². The molecule has 0 heterocycles. The topological polar surface area (TPSA) is 72.8 Å². The Balaban J connectivity index is 2.99. The van der Waals surface area contributed by atoms with Gasteiger partial charge in [0.2, 0.25) is 5.76 Å². The van der Waals surface area contributed by atoms with Crippen molar-refractivity contribution in [3.8, 4) is 5.75 Å². The Bertz CT molecular complexity index is 682. The first kappa shape index (κ1) is 22.7. The van der Waals surface area contributed by atoms with E-state index in [0.717, 1.165) is 16.7 Å². The normalized spacial score (nSPS) is 11.8. The maximum absolute atomic E-state index is 12.0. The zero-order valence-electron chi connectivity index (χ0n) is 17.6. The number of rotatable bonds is 6. The first-order chi connectivity index (χ1) is 12.3. The molecule has 0 fully saturated rings. The number of hydrogen-bond acceptors (Lipinski definition) is 5. The van der Waals surface area contributed by atoms with Gasteiger partial charge in [0.05, 0.1) is 6.61 Å². The predicted molar refractivity (Wildman–Crippen MR) is 106 cm³/mol. The van der Waals surface area contributed by atoms with E-state index in [1.807, 2.05) is 53.7 Å². The van der Waals surface area contributed by atoms with E-state index in [1.54, 1.807) is 6.92 Å². The molecule has 0 unspecified atom stereocenters. The fraction of sp³-hybridized carbons (Fsp3) is 0.545. The zero-order chi connectivity index (χ0) is 21.0. The molecule has 0 spiro atoms. The number of carbonyl (C=O) groups excluding carboxylic acids is 2. The zero-order valence-corrected chi connectivity index (χ0v) is 17.6. The van der Waals surface area contributed by atoms with Crippen molar-refractivity contribution >= 4 is 11.9 Å². The number of aryl methyl sites for hydroxylation is 1. The molecule has 0 aliphatic heterocycles. The number of benzene rings is 1. The van der Waals surface area contributed by atoms with Gasteiger partial charge in [-0.2, -0.15) is 0 Å². The lowest BCUT2D eigenvalue weighted by Gasteiger charge is -2.28. The first-order valence-electron chi connectivity index (χ1n) is 9.21. The minimum absolute atomic E-state index is 0.0936. The van der Waals surface area contributed by atoms with Crippen LogP contribution in [0.25, 0.3) is 0 Å². The van der Waals surface area contributed by atoms with Crippen molar-refractivity contribution in [2.24, 2.45) is 0 Å². The van der Waals surface area contributed by atoms with Gasteiger partial charge >= 0.3 is 11.9 Å². The second kappa shape index (κ2) is 8.59. The Kier molecular flexibility index (Phi) is 7.24. The third kappa shape index (κ3) is 6.42. The van der Waals surface area contributed by atoms with Crippen molar-refractivity contribution < 1.29 is 24.2 Å². The van der Waals surface area contributed by atoms with Crippen LogP contribution in [0, 0.1) is 0 Å². The van der Waals surface area contributed by atoms with Crippen LogP contribution in [0.4, 0.5) is 0 Å². The molecular formula is C22H32O5. The van der Waals surface area contributed by atoms with Gasteiger partial charge in [-0.1, -0.05) is 53.7 Å². The van der Waals surface area contributed by atoms with Gasteiger partial charge < -0.3 is 14.6 Å². The van der Waals surface area contributed by atoms with Crippen LogP contribution in [0.1, 0.15) is 71.6 Å². The third-order valence-electron chi connectivity index (χ3n) is 4.14. The molecule has 1 N–H and O–H groups in total. The van der Waals surface area contributed by atoms with E-state index in [-0.39, 0.29) is 29.6 Å². The fourth-order valence-electron chi connectivity index (χ4n) is 2.67. The van der Waals surface area contributed by atoms with Gasteiger partial charge in [-0.05, 0) is 47.4 Å². The molecule has 0 aliphatic carbocycles. The van der Waals surface area contributed by atoms with Gasteiger partial charge in [0.15, 0.2) is 0 Å². The van der Waals surface area contributed by atoms with Gasteiger partial charge in [0, 0.05) is 6.42 Å². The van der Waals surface area contributed by atoms with Crippen LogP contribution in [-0.4, -0.2) is 23.7 Å². The molecule has 0 aromatic heterocycles. The first-order valence-corrected chi connectivity index (χ1v) is 9.21. The number of esters is 2. The van der Waals surface area contributed by atoms with Crippen molar-refractivity contribution in [2.45, 2.75) is 72.1 Å². The summed E-state index contributed by atoms with van der Waals surface area (Å²) in [5, 5.41) is 10.7. The molecule has 27 heavy (non-hydrogen) atoms. The number of hydrogen-bond donors (Lipinski definition) is 1. The molecule has 0 bridgehead atoms. The molecule has 0 radical (unpaired) electrons. The third-order valence-corrected chi connectivity index (χ3v) is 4.14. The minimum Gasteiger partial charge on any atom is -0.507 e. The molecule has 5 nitrogen and oxygen atoms in total. The SMILES string of the molecule is C=C(OC(=O)CCc1cc(C(C)(C)C)c(O)c(C(C)(C)C)c1)C(=O)OCC. The Morgan fingerprint density at radius 2 is 1.52 bits per heavy atom. The molecule has 0 atom stereocenters. The molecule has 0 saturated carbocycles. The summed E-state index contributed by atoms with van der Waals surface area (Å²) in [6.45, 7) is 17.5. The van der Waals surface area contributed by atoms with Gasteiger partial charge in [-0.15, -0.1) is 0 Å². The lowest BCUT2D eigenvalue weighted by atomic mass is 9.78. The lowest BCUT2D eigenvalue weighted by Crippen LogP contribution is -2.18. The van der Waals surface area contributed by atoms with Gasteiger partial charge in [0.25, 0.3) is 0 Å². The highest BCUT2D eigenvalue weighted by molar-refractivity contribution is 5.88. The van der Waals surface area contributed by atoms with Crippen molar-refractivity contribution in [1.82, 2.24) is 0 Å². The van der Waals surface area contributed by atoms with Crippen LogP contribution in [0.2, 0.25) is 0 Å². The predicted octanol–water partition coefficient (Wildman–Crippen LogP) is 4.54. The van der Waals surface area contributed by atoms with E-state index >= 15 is 0 Å². The summed E-state index contributed by atoms with van der Waals surface area (Å²) in [5.74, 6) is -1.29. The Hall–Kier alpha value is -2.30. The summed E-state index contributed by atoms with van der Waals surface area (Å²) in [6, 6.07) is 3.86. The standard InChI is InChI=1S/C22H32O5/c1-9-26-20(25)14(2)27-18(23)11-10-15-12-16(21(3,4)5)19(24)17(13-15)22(6,7)8/h12-13,24H,2,9-11H2,1,3-8H3. The quantitative estimate of drug-likeness (QED) is 0.448. The maximum Gasteiger partial charge on any atom is 0.373 e. The second-order valence-corrected chi connectivity index (χ2v) is 8.66. The molecule has 1 rings (SSSR count). The number of phenolic OH excluding ortho intramolecular Hbond substituents is 1. The smallest absolute Gasteiger partial charge is 0.373 e. The van der Waals surface area contributed by atoms with E-state index in [2.05, 4.69) is 6.58 Å². The number of ether oxygens (including phenoxy) is 2. The monoisotopic (exact) mass is 376 g/mol. The van der Waals surface area contributed by atoms with Crippen molar-refractivity contribution in [2.75, 3.05) is 6.61 Å². The highest BCUT2D eigenvalue weighted by Crippen LogP contribution is 2.39. The minimum atomic E-state index is -0.736. The molecule has 150 valence electrons. The van der Waals surface area contributed by atoms with E-state index in [0.29, 0.717) is 12.2 Å². The van der Waals surface area contributed by atoms with Crippen LogP contribution >= 0.6 is 0 Å². The van der Waals surface area contributed by atoms with Gasteiger partial charge in [0.1, 0.15) is 5.75 Å². The van der Waals surface area contributed by atoms with E-state index in [4.69, 9.17) is 9.47 Å². The molecule has 0 saturated heterocycles.